The van der Waals surface area contributed by atoms with Crippen LogP contribution in [0.1, 0.15) is 82.9 Å². The third-order valence-corrected chi connectivity index (χ3v) is 10.2. The minimum atomic E-state index is -1.67. The second-order valence-corrected chi connectivity index (χ2v) is 13.8. The third kappa shape index (κ3) is 6.78. The Kier molecular flexibility index (Phi) is 9.93. The maximum Gasteiger partial charge on any atom is 1.00 e. The van der Waals surface area contributed by atoms with E-state index in [2.05, 4.69) is 39.9 Å². The summed E-state index contributed by atoms with van der Waals surface area (Å²) in [5.74, 6) is -14.9. The molecule has 0 fully saturated rings. The molecule has 314 valence electrons. The smallest absolute Gasteiger partial charge is 0.478 e. The minimum Gasteiger partial charge on any atom is -0.478 e. The molecule has 3 aromatic heterocycles. The molecule has 0 atom stereocenters. The summed E-state index contributed by atoms with van der Waals surface area (Å²) in [4.78, 5) is 131. The number of benzene rings is 4. The Labute approximate surface area is 377 Å². The fourth-order valence-electron chi connectivity index (χ4n) is 7.39. The molecule has 4 aromatic carbocycles. The van der Waals surface area contributed by atoms with Gasteiger partial charge >= 0.3 is 77.3 Å². The van der Waals surface area contributed by atoms with E-state index >= 15 is 0 Å². The van der Waals surface area contributed by atoms with Gasteiger partial charge in [-0.2, -0.15) is 0 Å². The maximum atomic E-state index is 12.3. The van der Waals surface area contributed by atoms with E-state index in [1.165, 1.54) is 0 Å². The van der Waals surface area contributed by atoms with Crippen molar-refractivity contribution in [2.75, 3.05) is 0 Å². The van der Waals surface area contributed by atoms with Gasteiger partial charge in [0.05, 0.1) is 44.5 Å². The quantitative estimate of drug-likeness (QED) is 0.0965. The predicted octanol–water partition coefficient (Wildman–Crippen LogP) is 1.46. The maximum absolute atomic E-state index is 12.3. The molecule has 0 amide bonds. The van der Waals surface area contributed by atoms with Gasteiger partial charge in [0, 0.05) is 43.8 Å². The number of hydrogen-bond acceptors (Lipinski definition) is 14. The van der Waals surface area contributed by atoms with Crippen molar-refractivity contribution in [2.24, 2.45) is 0 Å². The number of nitrogens with one attached hydrogen (secondary N) is 2. The van der Waals surface area contributed by atoms with Gasteiger partial charge in [-0.05, 0) is 48.5 Å². The van der Waals surface area contributed by atoms with Crippen LogP contribution in [0.2, 0.25) is 0 Å². The van der Waals surface area contributed by atoms with E-state index in [0.717, 1.165) is 48.5 Å². The number of nitrogens with zero attached hydrogens (tertiary/aromatic N) is 6. The van der Waals surface area contributed by atoms with E-state index in [9.17, 15) is 79.2 Å². The molecule has 24 nitrogen and oxygen atoms in total. The van der Waals surface area contributed by atoms with Gasteiger partial charge in [-0.15, -0.1) is 0 Å². The zero-order valence-electron chi connectivity index (χ0n) is 32.1. The summed E-state index contributed by atoms with van der Waals surface area (Å²) in [5.41, 5.74) is -7.45. The largest absolute Gasteiger partial charge is 1.00 e. The summed E-state index contributed by atoms with van der Waals surface area (Å²) in [6.07, 6.45) is 0. The van der Waals surface area contributed by atoms with Crippen LogP contribution in [0.15, 0.2) is 48.5 Å². The molecule has 8 bridgehead atoms. The first-order chi connectivity index (χ1) is 30.3. The monoisotopic (exact) mass is 889 g/mol. The zero-order valence-corrected chi connectivity index (χ0v) is 34.1. The molecule has 0 spiro atoms. The van der Waals surface area contributed by atoms with Crippen LogP contribution in [0.5, 0.6) is 0 Å². The van der Waals surface area contributed by atoms with Gasteiger partial charge in [0.15, 0.2) is 23.3 Å². The molecule has 0 saturated carbocycles. The molecule has 25 heteroatoms. The van der Waals surface area contributed by atoms with Crippen molar-refractivity contribution in [3.8, 4) is 45.6 Å². The summed E-state index contributed by atoms with van der Waals surface area (Å²) < 4.78 is 0. The van der Waals surface area contributed by atoms with Crippen molar-refractivity contribution in [2.45, 2.75) is 0 Å². The Morgan fingerprint density at radius 3 is 0.631 bits per heavy atom. The first-order valence-corrected chi connectivity index (χ1v) is 17.7. The number of H-pyrrole nitrogens is 2. The molecule has 2 aliphatic rings. The van der Waals surface area contributed by atoms with Gasteiger partial charge in [-0.3, -0.25) is 0 Å². The average molecular weight is 890 g/mol. The Hall–Kier alpha value is -9.00. The number of aromatic nitrogens is 8. The van der Waals surface area contributed by atoms with E-state index in [0.29, 0.717) is 0 Å². The van der Waals surface area contributed by atoms with E-state index in [-0.39, 0.29) is 119 Å². The fraction of sp³-hybridized carbons (Fsp3) is 0. The first-order valence-electron chi connectivity index (χ1n) is 17.7. The van der Waals surface area contributed by atoms with Crippen molar-refractivity contribution < 1.29 is 109 Å². The van der Waals surface area contributed by atoms with Gasteiger partial charge in [-0.25, -0.2) is 68.3 Å². The van der Waals surface area contributed by atoms with Crippen molar-refractivity contribution in [3.05, 3.63) is 93.0 Å². The van der Waals surface area contributed by atoms with Crippen LogP contribution in [-0.2, 0) is 0 Å². The molecule has 5 heterocycles. The zero-order chi connectivity index (χ0) is 45.8. The van der Waals surface area contributed by atoms with Crippen LogP contribution < -0.4 is 29.6 Å². The SMILES string of the molecule is O=C(O)c1cc2c(cc1C(=O)O)-c1nc-2nc2[nH]c(nc3nc(nc4[nH]c(n1)c1cc(C(=O)O)c(C(=O)O)cc41)-c1cc(C(=O)O)c(C(=O)O)cc1-3)c1cc(C(=O)O)c(C(=O)O)cc21.[Na+]. The molecule has 0 unspecified atom stereocenters. The molecule has 0 aliphatic carbocycles. The summed E-state index contributed by atoms with van der Waals surface area (Å²) in [6, 6.07) is 7.52. The second-order valence-electron chi connectivity index (χ2n) is 13.8. The number of carboxylic acids is 8. The summed E-state index contributed by atoms with van der Waals surface area (Å²) in [7, 11) is 0. The average Bonchev–Trinajstić information content (AvgIpc) is 3.96. The molecule has 0 saturated heterocycles. The summed E-state index contributed by atoms with van der Waals surface area (Å²) >= 11 is 0. The van der Waals surface area contributed by atoms with Crippen LogP contribution in [0.4, 0.5) is 0 Å². The molecule has 0 radical (unpaired) electrons. The normalized spacial score (nSPS) is 11.3. The molecule has 9 rings (SSSR count). The van der Waals surface area contributed by atoms with E-state index in [1.807, 2.05) is 0 Å². The topological polar surface area (TPSA) is 407 Å². The van der Waals surface area contributed by atoms with E-state index in [1.54, 1.807) is 0 Å². The number of rotatable bonds is 8. The van der Waals surface area contributed by atoms with Crippen molar-refractivity contribution in [3.63, 3.8) is 0 Å². The molecular weight excluding hydrogens is 871 g/mol. The second kappa shape index (κ2) is 15.1. The van der Waals surface area contributed by atoms with Gasteiger partial charge in [0.2, 0.25) is 0 Å². The number of aromatic amines is 2. The standard InChI is InChI=1S/C40H18N8O16.Na/c49-33(50)17-1-9-10(2-18(17)34(51)52)26-41-25(9)45-27-11-3-19(35(53)54)20(36(55)56)4-12(11)29(42-27)47-31-15-7-23(39(61)62)24(40(63)64)8-16(15)32(44-31)48-30-14-6-22(38(59)60)21(37(57)58)5-13(14)28(43-30)46-26;/h1-8H,(H,49,50)(H,51,52)(H,53,54)(H,55,56)(H,57,58)(H,59,60)(H,61,62)(H,63,64)(H2,41,42,43,44,45,46,47,48);/q;+1. The third-order valence-electron chi connectivity index (χ3n) is 10.2. The van der Waals surface area contributed by atoms with Crippen LogP contribution in [0.25, 0.3) is 89.7 Å². The van der Waals surface area contributed by atoms with Gasteiger partial charge < -0.3 is 50.8 Å². The fourth-order valence-corrected chi connectivity index (χ4v) is 7.39. The predicted molar refractivity (Wildman–Crippen MR) is 212 cm³/mol. The number of carboxylic acid groups (broad SMARTS) is 8. The van der Waals surface area contributed by atoms with E-state index < -0.39 is 92.3 Å². The van der Waals surface area contributed by atoms with Gasteiger partial charge in [-0.1, -0.05) is 0 Å². The molecule has 7 aromatic rings. The van der Waals surface area contributed by atoms with Crippen LogP contribution in [0, 0.1) is 0 Å². The van der Waals surface area contributed by atoms with Crippen molar-refractivity contribution in [1.82, 2.24) is 39.9 Å². The summed E-state index contributed by atoms with van der Waals surface area (Å²) in [6.45, 7) is 0. The van der Waals surface area contributed by atoms with E-state index in [4.69, 9.17) is 0 Å². The van der Waals surface area contributed by atoms with Crippen LogP contribution >= 0.6 is 0 Å². The van der Waals surface area contributed by atoms with Gasteiger partial charge in [0.25, 0.3) is 0 Å². The number of aromatic carboxylic acids is 8. The molecule has 65 heavy (non-hydrogen) atoms. The summed E-state index contributed by atoms with van der Waals surface area (Å²) in [5, 5.41) is 79.6. The van der Waals surface area contributed by atoms with Crippen molar-refractivity contribution >= 4 is 91.9 Å². The molecule has 2 aliphatic heterocycles. The Morgan fingerprint density at radius 1 is 0.292 bits per heavy atom. The van der Waals surface area contributed by atoms with Crippen LogP contribution in [-0.4, -0.2) is 128 Å². The Morgan fingerprint density at radius 2 is 0.462 bits per heavy atom. The number of fused-ring (bicyclic) bond motifs is 20. The van der Waals surface area contributed by atoms with Crippen LogP contribution in [0.3, 0.4) is 0 Å². The van der Waals surface area contributed by atoms with Crippen molar-refractivity contribution in [1.29, 1.82) is 0 Å². The minimum absolute atomic E-state index is 0. The molecular formula is C40H18N8NaO16+. The van der Waals surface area contributed by atoms with Gasteiger partial charge in [0.1, 0.15) is 22.6 Å². The number of carbonyl (C=O) groups is 8. The first kappa shape index (κ1) is 42.7. The number of hydrogen-bond donors (Lipinski definition) is 10. The Balaban J connectivity index is 0.00000576. The molecule has 10 N–H and O–H groups in total. The Bertz CT molecular complexity index is 3210.